The minimum atomic E-state index is -0.340. The highest BCUT2D eigenvalue weighted by Gasteiger charge is 2.16. The van der Waals surface area contributed by atoms with Gasteiger partial charge in [0, 0.05) is 28.8 Å². The molecule has 32 heavy (non-hydrogen) atoms. The van der Waals surface area contributed by atoms with Gasteiger partial charge in [0.25, 0.3) is 11.8 Å². The molecule has 3 aromatic carbocycles. The number of amides is 2. The number of rotatable bonds is 7. The van der Waals surface area contributed by atoms with Crippen LogP contribution in [0.1, 0.15) is 47.1 Å². The third kappa shape index (κ3) is 6.95. The molecule has 0 aliphatic heterocycles. The van der Waals surface area contributed by atoms with E-state index in [4.69, 9.17) is 4.74 Å². The van der Waals surface area contributed by atoms with Gasteiger partial charge in [0.2, 0.25) is 0 Å². The zero-order chi connectivity index (χ0) is 23.1. The van der Waals surface area contributed by atoms with Crippen LogP contribution in [0.15, 0.2) is 77.3 Å². The highest BCUT2D eigenvalue weighted by molar-refractivity contribution is 9.10. The highest BCUT2D eigenvalue weighted by Crippen LogP contribution is 2.27. The number of ether oxygens (including phenoxy) is 1. The van der Waals surface area contributed by atoms with Crippen molar-refractivity contribution < 1.29 is 14.3 Å². The van der Waals surface area contributed by atoms with E-state index in [1.54, 1.807) is 42.5 Å². The lowest BCUT2D eigenvalue weighted by Gasteiger charge is -2.20. The average molecular weight is 495 g/mol. The Labute approximate surface area is 197 Å². The number of nitrogens with one attached hydrogen (secondary N) is 2. The number of anilines is 1. The molecule has 166 valence electrons. The van der Waals surface area contributed by atoms with E-state index in [2.05, 4.69) is 38.7 Å². The molecule has 0 radical (unpaired) electrons. The fourth-order valence-electron chi connectivity index (χ4n) is 3.04. The first-order valence-electron chi connectivity index (χ1n) is 10.4. The summed E-state index contributed by atoms with van der Waals surface area (Å²) < 4.78 is 6.56. The maximum atomic E-state index is 12.7. The summed E-state index contributed by atoms with van der Waals surface area (Å²) in [6.07, 6.45) is 0.800. The molecular weight excluding hydrogens is 468 g/mol. The molecule has 3 rings (SSSR count). The first-order valence-corrected chi connectivity index (χ1v) is 11.2. The Morgan fingerprint density at radius 3 is 2.28 bits per heavy atom. The van der Waals surface area contributed by atoms with Gasteiger partial charge in [0.05, 0.1) is 11.1 Å². The summed E-state index contributed by atoms with van der Waals surface area (Å²) in [5.74, 6) is 0.224. The van der Waals surface area contributed by atoms with E-state index in [9.17, 15) is 9.59 Å². The number of benzene rings is 3. The topological polar surface area (TPSA) is 67.4 Å². The largest absolute Gasteiger partial charge is 0.492 e. The van der Waals surface area contributed by atoms with Crippen LogP contribution in [0.4, 0.5) is 5.69 Å². The standard InChI is InChI=1S/C26H27BrN2O3/c1-26(2,3)29-25(31)19-10-7-11-21(16-19)28-24(30)20-12-13-23(22(27)17-20)32-15-14-18-8-5-4-6-9-18/h4-13,16-17H,14-15H2,1-3H3,(H,28,30)(H,29,31). The number of halogens is 1. The van der Waals surface area contributed by atoms with Gasteiger partial charge in [-0.3, -0.25) is 9.59 Å². The highest BCUT2D eigenvalue weighted by atomic mass is 79.9. The van der Waals surface area contributed by atoms with Crippen molar-refractivity contribution in [1.29, 1.82) is 0 Å². The minimum Gasteiger partial charge on any atom is -0.492 e. The Balaban J connectivity index is 1.61. The molecule has 2 N–H and O–H groups in total. The van der Waals surface area contributed by atoms with Crippen LogP contribution in [0.25, 0.3) is 0 Å². The van der Waals surface area contributed by atoms with Crippen molar-refractivity contribution in [2.75, 3.05) is 11.9 Å². The van der Waals surface area contributed by atoms with Gasteiger partial charge in [-0.25, -0.2) is 0 Å². The van der Waals surface area contributed by atoms with Crippen molar-refractivity contribution in [2.45, 2.75) is 32.7 Å². The lowest BCUT2D eigenvalue weighted by atomic mass is 10.1. The van der Waals surface area contributed by atoms with Crippen LogP contribution in [0.3, 0.4) is 0 Å². The van der Waals surface area contributed by atoms with E-state index < -0.39 is 0 Å². The van der Waals surface area contributed by atoms with Gasteiger partial charge >= 0.3 is 0 Å². The third-order valence-corrected chi connectivity index (χ3v) is 5.18. The van der Waals surface area contributed by atoms with Crippen LogP contribution in [0.5, 0.6) is 5.75 Å². The summed E-state index contributed by atoms with van der Waals surface area (Å²) in [6.45, 7) is 6.30. The summed E-state index contributed by atoms with van der Waals surface area (Å²) in [5, 5.41) is 5.76. The molecule has 0 saturated carbocycles. The van der Waals surface area contributed by atoms with E-state index in [1.807, 2.05) is 39.0 Å². The second kappa shape index (κ2) is 10.5. The minimum absolute atomic E-state index is 0.187. The SMILES string of the molecule is CC(C)(C)NC(=O)c1cccc(NC(=O)c2ccc(OCCc3ccccc3)c(Br)c2)c1. The fraction of sp³-hybridized carbons (Fsp3) is 0.231. The van der Waals surface area contributed by atoms with Gasteiger partial charge in [0.1, 0.15) is 5.75 Å². The number of hydrogen-bond donors (Lipinski definition) is 2. The predicted molar refractivity (Wildman–Crippen MR) is 131 cm³/mol. The molecule has 0 aliphatic rings. The van der Waals surface area contributed by atoms with Crippen LogP contribution in [0.2, 0.25) is 0 Å². The van der Waals surface area contributed by atoms with Gasteiger partial charge in [-0.1, -0.05) is 36.4 Å². The van der Waals surface area contributed by atoms with Crippen LogP contribution < -0.4 is 15.4 Å². The quantitative estimate of drug-likeness (QED) is 0.432. The average Bonchev–Trinajstić information content (AvgIpc) is 2.74. The number of carbonyl (C=O) groups is 2. The van der Waals surface area contributed by atoms with Crippen LogP contribution in [0, 0.1) is 0 Å². The zero-order valence-corrected chi connectivity index (χ0v) is 20.0. The predicted octanol–water partition coefficient (Wildman–Crippen LogP) is 5.85. The smallest absolute Gasteiger partial charge is 0.255 e. The normalized spacial score (nSPS) is 11.0. The molecule has 0 heterocycles. The van der Waals surface area contributed by atoms with E-state index >= 15 is 0 Å². The molecule has 5 nitrogen and oxygen atoms in total. The van der Waals surface area contributed by atoms with Crippen molar-refractivity contribution in [3.63, 3.8) is 0 Å². The van der Waals surface area contributed by atoms with E-state index in [-0.39, 0.29) is 17.4 Å². The maximum absolute atomic E-state index is 12.7. The Bertz CT molecular complexity index is 1090. The monoisotopic (exact) mass is 494 g/mol. The lowest BCUT2D eigenvalue weighted by molar-refractivity contribution is 0.0918. The summed E-state index contributed by atoms with van der Waals surface area (Å²) >= 11 is 3.49. The first-order chi connectivity index (χ1) is 15.2. The molecule has 0 fully saturated rings. The van der Waals surface area contributed by atoms with E-state index in [1.165, 1.54) is 5.56 Å². The van der Waals surface area contributed by atoms with Crippen LogP contribution in [-0.4, -0.2) is 24.0 Å². The molecule has 6 heteroatoms. The van der Waals surface area contributed by atoms with E-state index in [0.29, 0.717) is 33.6 Å². The summed E-state index contributed by atoms with van der Waals surface area (Å²) in [7, 11) is 0. The molecule has 0 bridgehead atoms. The summed E-state index contributed by atoms with van der Waals surface area (Å²) in [6, 6.07) is 22.2. The summed E-state index contributed by atoms with van der Waals surface area (Å²) in [5.41, 5.74) is 2.39. The Morgan fingerprint density at radius 2 is 1.59 bits per heavy atom. The second-order valence-electron chi connectivity index (χ2n) is 8.47. The first kappa shape index (κ1) is 23.5. The Morgan fingerprint density at radius 1 is 0.875 bits per heavy atom. The molecular formula is C26H27BrN2O3. The van der Waals surface area contributed by atoms with Gasteiger partial charge in [-0.05, 0) is 78.7 Å². The zero-order valence-electron chi connectivity index (χ0n) is 18.4. The number of hydrogen-bond acceptors (Lipinski definition) is 3. The van der Waals surface area contributed by atoms with Gasteiger partial charge < -0.3 is 15.4 Å². The fourth-order valence-corrected chi connectivity index (χ4v) is 3.53. The third-order valence-electron chi connectivity index (χ3n) is 4.56. The summed E-state index contributed by atoms with van der Waals surface area (Å²) in [4.78, 5) is 25.1. The molecule has 0 atom stereocenters. The Hall–Kier alpha value is -3.12. The van der Waals surface area contributed by atoms with Crippen molar-refractivity contribution >= 4 is 33.4 Å². The van der Waals surface area contributed by atoms with Crippen LogP contribution >= 0.6 is 15.9 Å². The molecule has 0 spiro atoms. The molecule has 0 unspecified atom stereocenters. The number of carbonyl (C=O) groups excluding carboxylic acids is 2. The maximum Gasteiger partial charge on any atom is 0.255 e. The lowest BCUT2D eigenvalue weighted by Crippen LogP contribution is -2.40. The van der Waals surface area contributed by atoms with Gasteiger partial charge in [-0.2, -0.15) is 0 Å². The Kier molecular flexibility index (Phi) is 7.70. The van der Waals surface area contributed by atoms with Crippen molar-refractivity contribution in [2.24, 2.45) is 0 Å². The van der Waals surface area contributed by atoms with Gasteiger partial charge in [-0.15, -0.1) is 0 Å². The molecule has 2 amide bonds. The molecule has 0 aromatic heterocycles. The van der Waals surface area contributed by atoms with Crippen molar-refractivity contribution in [1.82, 2.24) is 5.32 Å². The second-order valence-corrected chi connectivity index (χ2v) is 9.32. The van der Waals surface area contributed by atoms with Gasteiger partial charge in [0.15, 0.2) is 0 Å². The van der Waals surface area contributed by atoms with E-state index in [0.717, 1.165) is 6.42 Å². The van der Waals surface area contributed by atoms with Crippen LogP contribution in [-0.2, 0) is 6.42 Å². The van der Waals surface area contributed by atoms with Crippen molar-refractivity contribution in [3.05, 3.63) is 94.0 Å². The molecule has 0 aliphatic carbocycles. The molecule has 3 aromatic rings. The molecule has 0 saturated heterocycles. The van der Waals surface area contributed by atoms with Crippen molar-refractivity contribution in [3.8, 4) is 5.75 Å².